The number of hydrogen-bond donors (Lipinski definition) is 3. The SMILES string of the molecule is Cc1ccc(C(=O)O)c2c(CCCCN)c(-c3ccc(N(C)C)cc3)[nH]c12. The first-order valence-corrected chi connectivity index (χ1v) is 9.29. The van der Waals surface area contributed by atoms with Crippen molar-refractivity contribution < 1.29 is 9.90 Å². The second-order valence-electron chi connectivity index (χ2n) is 7.15. The number of aromatic nitrogens is 1. The van der Waals surface area contributed by atoms with Crippen molar-refractivity contribution >= 4 is 22.6 Å². The number of anilines is 1. The Kier molecular flexibility index (Phi) is 5.51. The minimum atomic E-state index is -0.895. The van der Waals surface area contributed by atoms with E-state index in [1.165, 1.54) is 0 Å². The molecular formula is C22H27N3O2. The fourth-order valence-electron chi connectivity index (χ4n) is 3.55. The summed E-state index contributed by atoms with van der Waals surface area (Å²) in [5.41, 5.74) is 12.2. The average Bonchev–Trinajstić information content (AvgIpc) is 3.02. The number of rotatable bonds is 7. The van der Waals surface area contributed by atoms with Gasteiger partial charge in [-0.1, -0.05) is 18.2 Å². The van der Waals surface area contributed by atoms with E-state index < -0.39 is 5.97 Å². The number of carbonyl (C=O) groups is 1. The Hall–Kier alpha value is -2.79. The van der Waals surface area contributed by atoms with Crippen LogP contribution in [-0.4, -0.2) is 36.7 Å². The van der Waals surface area contributed by atoms with Crippen molar-refractivity contribution in [3.63, 3.8) is 0 Å². The maximum absolute atomic E-state index is 11.8. The van der Waals surface area contributed by atoms with Gasteiger partial charge < -0.3 is 20.7 Å². The molecule has 0 aliphatic carbocycles. The number of nitrogens with two attached hydrogens (primary N) is 1. The highest BCUT2D eigenvalue weighted by Gasteiger charge is 2.20. The number of hydrogen-bond acceptors (Lipinski definition) is 3. The van der Waals surface area contributed by atoms with Gasteiger partial charge in [0.05, 0.1) is 5.56 Å². The normalized spacial score (nSPS) is 11.1. The summed E-state index contributed by atoms with van der Waals surface area (Å²) in [6.07, 6.45) is 2.64. The molecule has 0 amide bonds. The molecule has 27 heavy (non-hydrogen) atoms. The fourth-order valence-corrected chi connectivity index (χ4v) is 3.55. The second-order valence-corrected chi connectivity index (χ2v) is 7.15. The minimum absolute atomic E-state index is 0.353. The summed E-state index contributed by atoms with van der Waals surface area (Å²) in [5, 5.41) is 10.5. The topological polar surface area (TPSA) is 82.3 Å². The molecule has 0 aliphatic rings. The van der Waals surface area contributed by atoms with E-state index in [0.717, 1.165) is 58.2 Å². The van der Waals surface area contributed by atoms with Crippen LogP contribution < -0.4 is 10.6 Å². The molecule has 0 spiro atoms. The highest BCUT2D eigenvalue weighted by Crippen LogP contribution is 2.35. The van der Waals surface area contributed by atoms with Gasteiger partial charge in [0.1, 0.15) is 0 Å². The van der Waals surface area contributed by atoms with Crippen molar-refractivity contribution in [2.45, 2.75) is 26.2 Å². The summed E-state index contributed by atoms with van der Waals surface area (Å²) < 4.78 is 0. The molecule has 2 aromatic carbocycles. The van der Waals surface area contributed by atoms with E-state index in [2.05, 4.69) is 34.1 Å². The first-order valence-electron chi connectivity index (χ1n) is 9.29. The Bertz CT molecular complexity index is 956. The number of nitrogens with zero attached hydrogens (tertiary/aromatic N) is 1. The zero-order valence-electron chi connectivity index (χ0n) is 16.2. The molecule has 0 saturated carbocycles. The van der Waals surface area contributed by atoms with Crippen LogP contribution in [0.3, 0.4) is 0 Å². The number of nitrogens with one attached hydrogen (secondary N) is 1. The maximum atomic E-state index is 11.8. The third-order valence-corrected chi connectivity index (χ3v) is 5.05. The summed E-state index contributed by atoms with van der Waals surface area (Å²) in [5.74, 6) is -0.895. The monoisotopic (exact) mass is 365 g/mol. The standard InChI is InChI=1S/C22H27N3O2/c1-14-7-12-18(22(26)27)19-17(6-4-5-13-23)21(24-20(14)19)15-8-10-16(11-9-15)25(2)3/h7-12,24H,4-6,13,23H2,1-3H3,(H,26,27). The number of H-pyrrole nitrogens is 1. The third kappa shape index (κ3) is 3.69. The summed E-state index contributed by atoms with van der Waals surface area (Å²) in [7, 11) is 4.03. The van der Waals surface area contributed by atoms with Crippen LogP contribution in [0.2, 0.25) is 0 Å². The molecule has 0 radical (unpaired) electrons. The van der Waals surface area contributed by atoms with Crippen molar-refractivity contribution in [1.29, 1.82) is 0 Å². The molecule has 3 aromatic rings. The van der Waals surface area contributed by atoms with E-state index in [4.69, 9.17) is 5.73 Å². The highest BCUT2D eigenvalue weighted by molar-refractivity contribution is 6.07. The quantitative estimate of drug-likeness (QED) is 0.548. The number of benzene rings is 2. The Morgan fingerprint density at radius 2 is 1.81 bits per heavy atom. The van der Waals surface area contributed by atoms with Gasteiger partial charge in [-0.3, -0.25) is 0 Å². The zero-order chi connectivity index (χ0) is 19.6. The van der Waals surface area contributed by atoms with Gasteiger partial charge in [0.15, 0.2) is 0 Å². The molecule has 0 atom stereocenters. The molecule has 4 N–H and O–H groups in total. The van der Waals surface area contributed by atoms with Gasteiger partial charge in [-0.05, 0) is 67.6 Å². The molecule has 1 aromatic heterocycles. The van der Waals surface area contributed by atoms with Gasteiger partial charge in [0.25, 0.3) is 0 Å². The van der Waals surface area contributed by atoms with Gasteiger partial charge in [0.2, 0.25) is 0 Å². The lowest BCUT2D eigenvalue weighted by Crippen LogP contribution is -2.08. The first kappa shape index (κ1) is 19.0. The number of aromatic carboxylic acids is 1. The molecule has 0 saturated heterocycles. The molecule has 0 fully saturated rings. The van der Waals surface area contributed by atoms with Crippen molar-refractivity contribution in [2.24, 2.45) is 5.73 Å². The van der Waals surface area contributed by atoms with E-state index in [9.17, 15) is 9.90 Å². The second kappa shape index (κ2) is 7.84. The Morgan fingerprint density at radius 3 is 2.41 bits per heavy atom. The van der Waals surface area contributed by atoms with Crippen LogP contribution in [0.15, 0.2) is 36.4 Å². The molecule has 142 valence electrons. The molecule has 0 unspecified atom stereocenters. The van der Waals surface area contributed by atoms with Crippen LogP contribution in [0.25, 0.3) is 22.2 Å². The molecule has 5 nitrogen and oxygen atoms in total. The first-order chi connectivity index (χ1) is 12.9. The highest BCUT2D eigenvalue weighted by atomic mass is 16.4. The van der Waals surface area contributed by atoms with Crippen molar-refractivity contribution in [3.05, 3.63) is 53.1 Å². The van der Waals surface area contributed by atoms with Crippen LogP contribution in [0.4, 0.5) is 5.69 Å². The summed E-state index contributed by atoms with van der Waals surface area (Å²) >= 11 is 0. The number of fused-ring (bicyclic) bond motifs is 1. The summed E-state index contributed by atoms with van der Waals surface area (Å²) in [4.78, 5) is 17.4. The minimum Gasteiger partial charge on any atom is -0.478 e. The third-order valence-electron chi connectivity index (χ3n) is 5.05. The van der Waals surface area contributed by atoms with Gasteiger partial charge in [-0.15, -0.1) is 0 Å². The van der Waals surface area contributed by atoms with Crippen LogP contribution >= 0.6 is 0 Å². The predicted molar refractivity (Wildman–Crippen MR) is 112 cm³/mol. The number of carboxylic acids is 1. The number of aromatic amines is 1. The largest absolute Gasteiger partial charge is 0.478 e. The lowest BCUT2D eigenvalue weighted by atomic mass is 9.96. The van der Waals surface area contributed by atoms with Gasteiger partial charge >= 0.3 is 5.97 Å². The van der Waals surface area contributed by atoms with Gasteiger partial charge in [-0.25, -0.2) is 4.79 Å². The van der Waals surface area contributed by atoms with Crippen molar-refractivity contribution in [1.82, 2.24) is 4.98 Å². The van der Waals surface area contributed by atoms with Crippen LogP contribution in [-0.2, 0) is 6.42 Å². The van der Waals surface area contributed by atoms with Crippen molar-refractivity contribution in [2.75, 3.05) is 25.5 Å². The van der Waals surface area contributed by atoms with E-state index in [0.29, 0.717) is 12.1 Å². The average molecular weight is 365 g/mol. The van der Waals surface area contributed by atoms with Crippen molar-refractivity contribution in [3.8, 4) is 11.3 Å². The Balaban J connectivity index is 2.21. The smallest absolute Gasteiger partial charge is 0.336 e. The molecule has 1 heterocycles. The summed E-state index contributed by atoms with van der Waals surface area (Å²) in [6.45, 7) is 2.65. The predicted octanol–water partition coefficient (Wildman–Crippen LogP) is 4.19. The number of aryl methyl sites for hydroxylation is 2. The molecule has 5 heteroatoms. The van der Waals surface area contributed by atoms with Gasteiger partial charge in [-0.2, -0.15) is 0 Å². The summed E-state index contributed by atoms with van der Waals surface area (Å²) in [6, 6.07) is 11.9. The van der Waals surface area contributed by atoms with Crippen LogP contribution in [0.5, 0.6) is 0 Å². The number of unbranched alkanes of at least 4 members (excludes halogenated alkanes) is 1. The molecule has 3 rings (SSSR count). The lowest BCUT2D eigenvalue weighted by molar-refractivity contribution is 0.0699. The molecular weight excluding hydrogens is 338 g/mol. The number of carboxylic acid groups (broad SMARTS) is 1. The Morgan fingerprint density at radius 1 is 1.11 bits per heavy atom. The molecule has 0 bridgehead atoms. The van der Waals surface area contributed by atoms with Crippen LogP contribution in [0, 0.1) is 6.92 Å². The van der Waals surface area contributed by atoms with E-state index in [1.807, 2.05) is 27.1 Å². The lowest BCUT2D eigenvalue weighted by Gasteiger charge is -2.13. The van der Waals surface area contributed by atoms with E-state index >= 15 is 0 Å². The van der Waals surface area contributed by atoms with Gasteiger partial charge in [0, 0.05) is 36.4 Å². The zero-order valence-corrected chi connectivity index (χ0v) is 16.2. The molecule has 0 aliphatic heterocycles. The fraction of sp³-hybridized carbons (Fsp3) is 0.318. The maximum Gasteiger partial charge on any atom is 0.336 e. The van der Waals surface area contributed by atoms with E-state index in [1.54, 1.807) is 6.07 Å². The van der Waals surface area contributed by atoms with E-state index in [-0.39, 0.29) is 0 Å². The van der Waals surface area contributed by atoms with Crippen LogP contribution in [0.1, 0.15) is 34.3 Å². The Labute approximate surface area is 159 Å².